The van der Waals surface area contributed by atoms with Crippen molar-refractivity contribution in [3.8, 4) is 134 Å². The molecule has 0 bridgehead atoms. The van der Waals surface area contributed by atoms with Gasteiger partial charge in [-0.1, -0.05) is 430 Å². The maximum Gasteiger partial charge on any atom is 0.179 e. The van der Waals surface area contributed by atoms with Crippen LogP contribution < -0.4 is 20.7 Å². The van der Waals surface area contributed by atoms with Crippen molar-refractivity contribution < 1.29 is 4.42 Å². The molecule has 3 heterocycles. The summed E-state index contributed by atoms with van der Waals surface area (Å²) in [6, 6.07) is 179. The first-order valence-electron chi connectivity index (χ1n) is 48.4. The molecular weight excluding hydrogens is 1730 g/mol. The Morgan fingerprint density at radius 2 is 0.432 bits per heavy atom. The smallest absolute Gasteiger partial charge is 0.179 e. The Hall–Kier alpha value is -15.9. The van der Waals surface area contributed by atoms with Crippen LogP contribution in [0.25, 0.3) is 196 Å². The van der Waals surface area contributed by atoms with E-state index in [9.17, 15) is 0 Å². The standard InChI is InChI=1S/C45H32O.C45H34SSi.C45H32S/c1-45(2)41-27-32(31-19-22-44-40(26-31)39-15-9-10-16-43(39)46-44)17-20-37(41)38-21-18-33(28-42(38)45)36-24-34(29-11-5-3-6-12-29)23-35(25-36)30-13-7-4-8-14-30;1-45(2)41-29-31(36-22-14-23-40-39-21-12-13-24-43(39)46-44(36)40)25-27-37(41)38-28-26-35(30-42(38)45)47(32-15-6-3-7-16-32,33-17-8-4-9-18-33)34-19-10-5-11-20-34;1-45(2)41-27-31(35-25-33(29-12-5-3-6-13-29)24-34(26-35)30-14-7-4-8-15-30)20-22-37(41)38-23-21-32(28-42(38)45)36-17-11-18-40-39-16-9-10-19-43(39)46-44(36)40/h3-28H,1-2H3;3-30H,1-2H3;3-28H,1-2H3. The number of benzene rings is 21. The summed E-state index contributed by atoms with van der Waals surface area (Å²) in [5, 5.41) is 13.4. The normalized spacial score (nSPS) is 13.3. The maximum atomic E-state index is 6.11. The van der Waals surface area contributed by atoms with Crippen molar-refractivity contribution in [2.24, 2.45) is 0 Å². The quantitative estimate of drug-likeness (QED) is 0.0828. The highest BCUT2D eigenvalue weighted by Crippen LogP contribution is 2.56. The summed E-state index contributed by atoms with van der Waals surface area (Å²) >= 11 is 3.81. The van der Waals surface area contributed by atoms with Crippen molar-refractivity contribution in [1.82, 2.24) is 0 Å². The van der Waals surface area contributed by atoms with Gasteiger partial charge in [-0.15, -0.1) is 22.7 Å². The van der Waals surface area contributed by atoms with E-state index in [1.54, 1.807) is 0 Å². The Balaban J connectivity index is 0.000000110. The van der Waals surface area contributed by atoms with Gasteiger partial charge < -0.3 is 4.42 Å². The Morgan fingerprint density at radius 3 is 0.806 bits per heavy atom. The molecule has 139 heavy (non-hydrogen) atoms. The van der Waals surface area contributed by atoms with Crippen molar-refractivity contribution >= 4 is 114 Å². The summed E-state index contributed by atoms with van der Waals surface area (Å²) in [6.07, 6.45) is 0. The van der Waals surface area contributed by atoms with Gasteiger partial charge in [-0.3, -0.25) is 0 Å². The molecule has 0 fully saturated rings. The first kappa shape index (κ1) is 84.8. The summed E-state index contributed by atoms with van der Waals surface area (Å²) in [4.78, 5) is 0. The van der Waals surface area contributed by atoms with Crippen LogP contribution in [0.2, 0.25) is 0 Å². The number of para-hydroxylation sites is 1. The molecule has 3 aromatic heterocycles. The molecule has 0 saturated heterocycles. The van der Waals surface area contributed by atoms with Gasteiger partial charge in [-0.05, 0) is 285 Å². The minimum Gasteiger partial charge on any atom is -0.456 e. The molecule has 1 nitrogen and oxygen atoms in total. The van der Waals surface area contributed by atoms with Crippen LogP contribution in [0.3, 0.4) is 0 Å². The third kappa shape index (κ3) is 14.5. The van der Waals surface area contributed by atoms with Crippen molar-refractivity contribution in [3.05, 3.63) is 519 Å². The molecule has 660 valence electrons. The second-order valence-corrected chi connectivity index (χ2v) is 45.1. The summed E-state index contributed by atoms with van der Waals surface area (Å²) < 4.78 is 11.5. The van der Waals surface area contributed by atoms with Crippen LogP contribution in [-0.2, 0) is 16.2 Å². The highest BCUT2D eigenvalue weighted by molar-refractivity contribution is 7.27. The minimum atomic E-state index is -2.62. The molecule has 3 aliphatic rings. The van der Waals surface area contributed by atoms with Gasteiger partial charge in [-0.25, -0.2) is 0 Å². The fourth-order valence-corrected chi connectivity index (χ4v) is 30.3. The lowest BCUT2D eigenvalue weighted by Gasteiger charge is -2.35. The molecule has 24 aromatic rings. The first-order valence-corrected chi connectivity index (χ1v) is 52.1. The Kier molecular flexibility index (Phi) is 20.8. The monoisotopic (exact) mass is 1830 g/mol. The van der Waals surface area contributed by atoms with Gasteiger partial charge in [0, 0.05) is 67.4 Å². The Bertz CT molecular complexity index is 8710. The van der Waals surface area contributed by atoms with Crippen molar-refractivity contribution in [1.29, 1.82) is 0 Å². The van der Waals surface area contributed by atoms with Crippen LogP contribution in [0.15, 0.2) is 490 Å². The molecule has 0 aliphatic heterocycles. The van der Waals surface area contributed by atoms with Crippen LogP contribution in [0.5, 0.6) is 0 Å². The third-order valence-electron chi connectivity index (χ3n) is 30.2. The molecule has 0 N–H and O–H groups in total. The highest BCUT2D eigenvalue weighted by atomic mass is 32.1. The van der Waals surface area contributed by atoms with E-state index in [2.05, 4.69) is 515 Å². The van der Waals surface area contributed by atoms with E-state index in [0.29, 0.717) is 0 Å². The number of hydrogen-bond acceptors (Lipinski definition) is 3. The second kappa shape index (κ2) is 34.1. The number of fused-ring (bicyclic) bond motifs is 18. The van der Waals surface area contributed by atoms with Gasteiger partial charge in [0.15, 0.2) is 8.07 Å². The molecule has 0 saturated carbocycles. The lowest BCUT2D eigenvalue weighted by atomic mass is 9.80. The average Bonchev–Trinajstić information content (AvgIpc) is 1.56. The van der Waals surface area contributed by atoms with E-state index in [0.717, 1.165) is 21.9 Å². The molecule has 27 rings (SSSR count). The predicted molar refractivity (Wildman–Crippen MR) is 598 cm³/mol. The van der Waals surface area contributed by atoms with Gasteiger partial charge in [-0.2, -0.15) is 0 Å². The number of rotatable bonds is 13. The molecule has 4 heteroatoms. The van der Waals surface area contributed by atoms with E-state index >= 15 is 0 Å². The third-order valence-corrected chi connectivity index (χ3v) is 37.4. The zero-order valence-corrected chi connectivity index (χ0v) is 81.0. The summed E-state index contributed by atoms with van der Waals surface area (Å²) in [5.41, 5.74) is 40.4. The topological polar surface area (TPSA) is 13.1 Å². The summed E-state index contributed by atoms with van der Waals surface area (Å²) in [7, 11) is -2.62. The zero-order valence-electron chi connectivity index (χ0n) is 78.4. The molecule has 0 radical (unpaired) electrons. The van der Waals surface area contributed by atoms with Gasteiger partial charge in [0.2, 0.25) is 0 Å². The maximum absolute atomic E-state index is 6.11. The van der Waals surface area contributed by atoms with Crippen molar-refractivity contribution in [3.63, 3.8) is 0 Å². The van der Waals surface area contributed by atoms with Crippen molar-refractivity contribution in [2.45, 2.75) is 57.8 Å². The largest absolute Gasteiger partial charge is 0.456 e. The minimum absolute atomic E-state index is 0.121. The highest BCUT2D eigenvalue weighted by Gasteiger charge is 2.45. The second-order valence-electron chi connectivity index (χ2n) is 39.2. The van der Waals surface area contributed by atoms with Gasteiger partial charge in [0.05, 0.1) is 0 Å². The van der Waals surface area contributed by atoms with Crippen LogP contribution in [0.4, 0.5) is 0 Å². The van der Waals surface area contributed by atoms with Gasteiger partial charge in [0.1, 0.15) is 11.2 Å². The van der Waals surface area contributed by atoms with E-state index in [1.165, 1.54) is 228 Å². The van der Waals surface area contributed by atoms with Crippen LogP contribution in [0.1, 0.15) is 74.9 Å². The summed E-state index contributed by atoms with van der Waals surface area (Å²) in [5.74, 6) is 0. The van der Waals surface area contributed by atoms with Crippen LogP contribution in [-0.4, -0.2) is 8.07 Å². The molecule has 0 atom stereocenters. The average molecular weight is 1830 g/mol. The fourth-order valence-electron chi connectivity index (χ4n) is 23.0. The predicted octanol–water partition coefficient (Wildman–Crippen LogP) is 35.0. The molecular formula is C135H98OS2Si. The molecule has 3 aliphatic carbocycles. The van der Waals surface area contributed by atoms with E-state index in [-0.39, 0.29) is 16.2 Å². The molecule has 21 aromatic carbocycles. The lowest BCUT2D eigenvalue weighted by Crippen LogP contribution is -2.74. The summed E-state index contributed by atoms with van der Waals surface area (Å²) in [6.45, 7) is 14.4. The Labute approximate surface area is 821 Å². The van der Waals surface area contributed by atoms with Gasteiger partial charge >= 0.3 is 0 Å². The van der Waals surface area contributed by atoms with Crippen LogP contribution in [0, 0.1) is 0 Å². The molecule has 0 unspecified atom stereocenters. The van der Waals surface area contributed by atoms with Gasteiger partial charge in [0.25, 0.3) is 0 Å². The first-order chi connectivity index (χ1) is 68.1. The number of hydrogen-bond donors (Lipinski definition) is 0. The molecule has 0 amide bonds. The Morgan fingerprint density at radius 1 is 0.165 bits per heavy atom. The fraction of sp³-hybridized carbons (Fsp3) is 0.0667. The molecule has 0 spiro atoms. The SMILES string of the molecule is CC1(C)c2cc(-c3cc(-c4ccccc4)cc(-c4ccccc4)c3)ccc2-c2ccc(-c3ccc4oc5ccccc5c4c3)cc21.CC1(C)c2cc(-c3cc(-c4ccccc4)cc(-c4ccccc4)c3)ccc2-c2ccc(-c3cccc4c3sc3ccccc34)cc21.CC1(C)c2cc(-c3cccc4c3sc3ccccc34)ccc2-c2ccc([Si](c3ccccc3)(c3ccccc3)c3ccccc3)cc21. The van der Waals surface area contributed by atoms with E-state index < -0.39 is 8.07 Å². The lowest BCUT2D eigenvalue weighted by molar-refractivity contribution is 0.660. The van der Waals surface area contributed by atoms with E-state index in [1.807, 2.05) is 34.8 Å². The number of furan rings is 1. The van der Waals surface area contributed by atoms with E-state index in [4.69, 9.17) is 4.42 Å². The van der Waals surface area contributed by atoms with Crippen LogP contribution >= 0.6 is 22.7 Å². The number of thiophene rings is 2. The zero-order chi connectivity index (χ0) is 93.2. The van der Waals surface area contributed by atoms with Crippen molar-refractivity contribution in [2.75, 3.05) is 0 Å².